The summed E-state index contributed by atoms with van der Waals surface area (Å²) < 4.78 is 5.83. The van der Waals surface area contributed by atoms with Gasteiger partial charge >= 0.3 is 0 Å². The number of hydrogen-bond acceptors (Lipinski definition) is 4. The van der Waals surface area contributed by atoms with Gasteiger partial charge in [-0.3, -0.25) is 14.5 Å². The van der Waals surface area contributed by atoms with Gasteiger partial charge in [0.1, 0.15) is 5.02 Å². The van der Waals surface area contributed by atoms with Gasteiger partial charge in [0.25, 0.3) is 11.5 Å². The van der Waals surface area contributed by atoms with E-state index in [-0.39, 0.29) is 28.6 Å². The molecule has 2 saturated heterocycles. The molecule has 0 aliphatic carbocycles. The van der Waals surface area contributed by atoms with Gasteiger partial charge in [0, 0.05) is 25.8 Å². The van der Waals surface area contributed by atoms with Crippen molar-refractivity contribution in [3.63, 3.8) is 0 Å². The zero-order valence-electron chi connectivity index (χ0n) is 14.2. The summed E-state index contributed by atoms with van der Waals surface area (Å²) in [5, 5.41) is 0.0274. The van der Waals surface area contributed by atoms with E-state index >= 15 is 0 Å². The SMILES string of the molecule is O=C(c1c[nH]c(=O)c(Cl)c1)N1CCN2[C@@H](COC[C@@H]2c2ccccc2)C1. The molecule has 2 fully saturated rings. The summed E-state index contributed by atoms with van der Waals surface area (Å²) in [5.74, 6) is -0.121. The van der Waals surface area contributed by atoms with Gasteiger partial charge < -0.3 is 14.6 Å². The molecule has 2 atom stereocenters. The largest absolute Gasteiger partial charge is 0.378 e. The van der Waals surface area contributed by atoms with Gasteiger partial charge in [0.05, 0.1) is 30.9 Å². The van der Waals surface area contributed by atoms with E-state index in [0.717, 1.165) is 6.54 Å². The van der Waals surface area contributed by atoms with Crippen LogP contribution in [0.1, 0.15) is 22.0 Å². The van der Waals surface area contributed by atoms with Gasteiger partial charge in [0.2, 0.25) is 0 Å². The first kappa shape index (κ1) is 17.3. The fourth-order valence-corrected chi connectivity index (χ4v) is 3.92. The Morgan fingerprint density at radius 2 is 2.00 bits per heavy atom. The Kier molecular flexibility index (Phi) is 4.80. The van der Waals surface area contributed by atoms with Crippen LogP contribution in [-0.4, -0.2) is 59.6 Å². The lowest BCUT2D eigenvalue weighted by molar-refractivity contribution is -0.0770. The number of pyridine rings is 1. The Balaban J connectivity index is 1.50. The van der Waals surface area contributed by atoms with Crippen LogP contribution >= 0.6 is 11.6 Å². The summed E-state index contributed by atoms with van der Waals surface area (Å²) in [7, 11) is 0. The molecule has 0 unspecified atom stereocenters. The van der Waals surface area contributed by atoms with Crippen molar-refractivity contribution < 1.29 is 9.53 Å². The van der Waals surface area contributed by atoms with Gasteiger partial charge in [-0.05, 0) is 11.6 Å². The molecule has 4 rings (SSSR count). The fraction of sp³-hybridized carbons (Fsp3) is 0.368. The number of H-pyrrole nitrogens is 1. The van der Waals surface area contributed by atoms with Crippen LogP contribution < -0.4 is 5.56 Å². The predicted molar refractivity (Wildman–Crippen MR) is 98.5 cm³/mol. The van der Waals surface area contributed by atoms with Gasteiger partial charge in [-0.1, -0.05) is 41.9 Å². The van der Waals surface area contributed by atoms with Crippen molar-refractivity contribution in [2.75, 3.05) is 32.8 Å². The van der Waals surface area contributed by atoms with Crippen molar-refractivity contribution >= 4 is 17.5 Å². The number of nitrogens with one attached hydrogen (secondary N) is 1. The maximum absolute atomic E-state index is 12.8. The van der Waals surface area contributed by atoms with Crippen molar-refractivity contribution in [2.45, 2.75) is 12.1 Å². The molecule has 0 saturated carbocycles. The average Bonchev–Trinajstić information content (AvgIpc) is 2.69. The van der Waals surface area contributed by atoms with Gasteiger partial charge in [-0.25, -0.2) is 0 Å². The van der Waals surface area contributed by atoms with E-state index < -0.39 is 0 Å². The number of carbonyl (C=O) groups is 1. The van der Waals surface area contributed by atoms with Crippen LogP contribution in [-0.2, 0) is 4.74 Å². The number of piperazine rings is 1. The van der Waals surface area contributed by atoms with E-state index in [0.29, 0.717) is 31.9 Å². The normalized spacial score (nSPS) is 23.5. The van der Waals surface area contributed by atoms with Crippen molar-refractivity contribution in [2.24, 2.45) is 0 Å². The molecular weight excluding hydrogens is 354 g/mol. The van der Waals surface area contributed by atoms with Crippen molar-refractivity contribution in [3.8, 4) is 0 Å². The van der Waals surface area contributed by atoms with Gasteiger partial charge in [-0.2, -0.15) is 0 Å². The predicted octanol–water partition coefficient (Wildman–Crippen LogP) is 1.93. The van der Waals surface area contributed by atoms with E-state index in [1.54, 1.807) is 0 Å². The number of nitrogens with zero attached hydrogens (tertiary/aromatic N) is 2. The summed E-state index contributed by atoms with van der Waals surface area (Å²) in [6.45, 7) is 3.30. The molecule has 3 heterocycles. The number of benzene rings is 1. The summed E-state index contributed by atoms with van der Waals surface area (Å²) in [5.41, 5.74) is 1.25. The second kappa shape index (κ2) is 7.23. The molecule has 2 aromatic rings. The van der Waals surface area contributed by atoms with Crippen molar-refractivity contribution in [3.05, 3.63) is 69.1 Å². The van der Waals surface area contributed by atoms with E-state index in [9.17, 15) is 9.59 Å². The number of morpholine rings is 1. The first-order valence-corrected chi connectivity index (χ1v) is 9.07. The Morgan fingerprint density at radius 3 is 2.77 bits per heavy atom. The highest BCUT2D eigenvalue weighted by atomic mass is 35.5. The Bertz CT molecular complexity index is 855. The van der Waals surface area contributed by atoms with E-state index in [1.165, 1.54) is 17.8 Å². The zero-order valence-corrected chi connectivity index (χ0v) is 15.0. The molecule has 6 nitrogen and oxygen atoms in total. The molecule has 0 radical (unpaired) electrons. The molecule has 0 spiro atoms. The van der Waals surface area contributed by atoms with Crippen molar-refractivity contribution in [1.82, 2.24) is 14.8 Å². The minimum absolute atomic E-state index is 0.0274. The third-order valence-electron chi connectivity index (χ3n) is 5.09. The quantitative estimate of drug-likeness (QED) is 0.873. The van der Waals surface area contributed by atoms with Gasteiger partial charge in [0.15, 0.2) is 0 Å². The minimum Gasteiger partial charge on any atom is -0.378 e. The molecule has 2 aliphatic heterocycles. The zero-order chi connectivity index (χ0) is 18.1. The van der Waals surface area contributed by atoms with Crippen molar-refractivity contribution in [1.29, 1.82) is 0 Å². The molecule has 1 amide bonds. The lowest BCUT2D eigenvalue weighted by Crippen LogP contribution is -2.60. The van der Waals surface area contributed by atoms with Crippen LogP contribution in [0.4, 0.5) is 0 Å². The first-order valence-electron chi connectivity index (χ1n) is 8.69. The topological polar surface area (TPSA) is 65.6 Å². The number of halogens is 1. The summed E-state index contributed by atoms with van der Waals surface area (Å²) in [6, 6.07) is 12.1. The molecule has 26 heavy (non-hydrogen) atoms. The number of ether oxygens (including phenoxy) is 1. The molecule has 1 N–H and O–H groups in total. The van der Waals surface area contributed by atoms with Gasteiger partial charge in [-0.15, -0.1) is 0 Å². The lowest BCUT2D eigenvalue weighted by atomic mass is 10.00. The molecule has 0 bridgehead atoms. The molecule has 1 aromatic carbocycles. The van der Waals surface area contributed by atoms with E-state index in [2.05, 4.69) is 22.0 Å². The molecule has 136 valence electrons. The molecule has 2 aliphatic rings. The number of hydrogen-bond donors (Lipinski definition) is 1. The fourth-order valence-electron chi connectivity index (χ4n) is 3.75. The van der Waals surface area contributed by atoms with Crippen LogP contribution in [0, 0.1) is 0 Å². The lowest BCUT2D eigenvalue weighted by Gasteiger charge is -2.48. The van der Waals surface area contributed by atoms with Crippen LogP contribution in [0.3, 0.4) is 0 Å². The number of carbonyl (C=O) groups excluding carboxylic acids is 1. The molecule has 1 aromatic heterocycles. The third-order valence-corrected chi connectivity index (χ3v) is 5.37. The van der Waals surface area contributed by atoms with Crippen LogP contribution in [0.2, 0.25) is 5.02 Å². The highest BCUT2D eigenvalue weighted by Crippen LogP contribution is 2.29. The minimum atomic E-state index is -0.389. The average molecular weight is 374 g/mol. The van der Waals surface area contributed by atoms with E-state index in [1.807, 2.05) is 23.1 Å². The Morgan fingerprint density at radius 1 is 1.19 bits per heavy atom. The van der Waals surface area contributed by atoms with Crippen LogP contribution in [0.5, 0.6) is 0 Å². The monoisotopic (exact) mass is 373 g/mol. The second-order valence-electron chi connectivity index (χ2n) is 6.67. The van der Waals surface area contributed by atoms with E-state index in [4.69, 9.17) is 16.3 Å². The number of aromatic nitrogens is 1. The standard InChI is InChI=1S/C19H20ClN3O3/c20-16-8-14(9-21-18(16)24)19(25)22-6-7-23-15(10-22)11-26-12-17(23)13-4-2-1-3-5-13/h1-5,8-9,15,17H,6-7,10-12H2,(H,21,24)/t15-,17-/m1/s1. The number of aromatic amines is 1. The Labute approximate surface area is 156 Å². The highest BCUT2D eigenvalue weighted by molar-refractivity contribution is 6.30. The third kappa shape index (κ3) is 3.28. The van der Waals surface area contributed by atoms with Crippen LogP contribution in [0.15, 0.2) is 47.4 Å². The second-order valence-corrected chi connectivity index (χ2v) is 7.08. The summed E-state index contributed by atoms with van der Waals surface area (Å²) >= 11 is 5.85. The number of amides is 1. The molecular formula is C19H20ClN3O3. The number of rotatable bonds is 2. The smallest absolute Gasteiger partial charge is 0.266 e. The Hall–Kier alpha value is -2.15. The number of fused-ring (bicyclic) bond motifs is 1. The maximum atomic E-state index is 12.8. The highest BCUT2D eigenvalue weighted by Gasteiger charge is 2.37. The molecule has 7 heteroatoms. The maximum Gasteiger partial charge on any atom is 0.266 e. The summed E-state index contributed by atoms with van der Waals surface area (Å²) in [4.78, 5) is 30.9. The first-order chi connectivity index (χ1) is 12.6. The van der Waals surface area contributed by atoms with Crippen LogP contribution in [0.25, 0.3) is 0 Å². The summed E-state index contributed by atoms with van der Waals surface area (Å²) in [6.07, 6.45) is 1.42.